The Morgan fingerprint density at radius 3 is 2.77 bits per heavy atom. The number of hydrogen-bond donors (Lipinski definition) is 1. The molecule has 2 aromatic rings. The highest BCUT2D eigenvalue weighted by Gasteiger charge is 2.09. The average Bonchev–Trinajstić information content (AvgIpc) is 3.07. The molecule has 0 fully saturated rings. The van der Waals surface area contributed by atoms with Gasteiger partial charge in [-0.25, -0.2) is 4.98 Å². The largest absolute Gasteiger partial charge is 0.493 e. The topological polar surface area (TPSA) is 47.1 Å². The molecule has 0 aliphatic heterocycles. The summed E-state index contributed by atoms with van der Waals surface area (Å²) < 4.78 is 11.0. The number of methoxy groups -OCH3 is 1. The summed E-state index contributed by atoms with van der Waals surface area (Å²) in [6, 6.07) is 8.02. The monoisotopic (exact) mass is 370 g/mol. The lowest BCUT2D eigenvalue weighted by Crippen LogP contribution is -2.02. The summed E-state index contributed by atoms with van der Waals surface area (Å²) in [5.41, 5.74) is 4.19. The van der Waals surface area contributed by atoms with E-state index in [1.165, 1.54) is 0 Å². The highest BCUT2D eigenvalue weighted by Crippen LogP contribution is 2.25. The highest BCUT2D eigenvalue weighted by atomic mass is 32.2. The summed E-state index contributed by atoms with van der Waals surface area (Å²) in [7, 11) is 1.69. The molecule has 0 aliphatic rings. The fourth-order valence-corrected chi connectivity index (χ4v) is 3.37. The number of benzene rings is 1. The van der Waals surface area contributed by atoms with E-state index in [1.54, 1.807) is 24.9 Å². The highest BCUT2D eigenvalue weighted by molar-refractivity contribution is 7.99. The fraction of sp³-hybridized carbons (Fsp3) is 0.286. The predicted molar refractivity (Wildman–Crippen MR) is 110 cm³/mol. The van der Waals surface area contributed by atoms with Crippen LogP contribution in [0.15, 0.2) is 77.7 Å². The standard InChI is InChI=1S/C21H26N2O2S/c1-5-10-20(25-14-9-13-24-4)16(3)17(6-2)15-26-21-22-18-11-7-8-12-19(18)23-21/h5-8,10-12H,1-2,9,13-15H2,3-4H3,(H,22,23)/b17-16+,20-10+. The molecule has 0 unspecified atom stereocenters. The van der Waals surface area contributed by atoms with Crippen molar-refractivity contribution in [2.75, 3.05) is 26.1 Å². The zero-order valence-corrected chi connectivity index (χ0v) is 16.3. The average molecular weight is 371 g/mol. The van der Waals surface area contributed by atoms with E-state index in [1.807, 2.05) is 43.3 Å². The Labute approximate surface area is 159 Å². The second-order valence-electron chi connectivity index (χ2n) is 5.66. The van der Waals surface area contributed by atoms with E-state index >= 15 is 0 Å². The Morgan fingerprint density at radius 2 is 2.08 bits per heavy atom. The number of H-pyrrole nitrogens is 1. The molecule has 1 heterocycles. The zero-order chi connectivity index (χ0) is 18.8. The Morgan fingerprint density at radius 1 is 1.27 bits per heavy atom. The fourth-order valence-electron chi connectivity index (χ4n) is 2.40. The number of thioether (sulfide) groups is 1. The normalized spacial score (nSPS) is 12.8. The molecule has 1 aromatic carbocycles. The van der Waals surface area contributed by atoms with Gasteiger partial charge in [0.05, 0.1) is 17.6 Å². The number of fused-ring (bicyclic) bond motifs is 1. The van der Waals surface area contributed by atoms with E-state index in [-0.39, 0.29) is 0 Å². The van der Waals surface area contributed by atoms with Gasteiger partial charge in [-0.3, -0.25) is 0 Å². The lowest BCUT2D eigenvalue weighted by Gasteiger charge is -2.14. The number of nitrogens with zero attached hydrogens (tertiary/aromatic N) is 1. The van der Waals surface area contributed by atoms with Crippen LogP contribution in [0.25, 0.3) is 11.0 Å². The number of rotatable bonds is 11. The number of nitrogens with one attached hydrogen (secondary N) is 1. The summed E-state index contributed by atoms with van der Waals surface area (Å²) in [5, 5.41) is 0.897. The quantitative estimate of drug-likeness (QED) is 0.253. The van der Waals surface area contributed by atoms with Crippen molar-refractivity contribution in [2.24, 2.45) is 0 Å². The number of imidazole rings is 1. The molecule has 0 bridgehead atoms. The summed E-state index contributed by atoms with van der Waals surface area (Å²) in [4.78, 5) is 7.94. The zero-order valence-electron chi connectivity index (χ0n) is 15.5. The third-order valence-corrected chi connectivity index (χ3v) is 4.77. The SMILES string of the molecule is C=C/C=C(OCCCOC)\C(C)=C(/C=C)CSc1nc2ccccc2[nH]1. The summed E-state index contributed by atoms with van der Waals surface area (Å²) in [6.07, 6.45) is 6.34. The number of aromatic amines is 1. The first kappa shape index (κ1) is 20.1. The van der Waals surface area contributed by atoms with Crippen LogP contribution in [0.1, 0.15) is 13.3 Å². The molecular weight excluding hydrogens is 344 g/mol. The predicted octanol–water partition coefficient (Wildman–Crippen LogP) is 5.28. The van der Waals surface area contributed by atoms with Crippen LogP contribution in [0.2, 0.25) is 0 Å². The number of para-hydroxylation sites is 2. The van der Waals surface area contributed by atoms with Crippen LogP contribution in [-0.4, -0.2) is 36.0 Å². The van der Waals surface area contributed by atoms with Crippen molar-refractivity contribution >= 4 is 22.8 Å². The van der Waals surface area contributed by atoms with Crippen molar-refractivity contribution in [3.05, 3.63) is 72.6 Å². The molecule has 4 nitrogen and oxygen atoms in total. The van der Waals surface area contributed by atoms with E-state index < -0.39 is 0 Å². The van der Waals surface area contributed by atoms with E-state index in [0.717, 1.165) is 45.3 Å². The molecule has 138 valence electrons. The third kappa shape index (κ3) is 5.64. The molecule has 0 amide bonds. The number of allylic oxidation sites excluding steroid dienone is 4. The summed E-state index contributed by atoms with van der Waals surface area (Å²) >= 11 is 1.65. The minimum Gasteiger partial charge on any atom is -0.493 e. The summed E-state index contributed by atoms with van der Waals surface area (Å²) in [6.45, 7) is 11.1. The van der Waals surface area contributed by atoms with E-state index in [0.29, 0.717) is 13.2 Å². The second-order valence-corrected chi connectivity index (χ2v) is 6.63. The lowest BCUT2D eigenvalue weighted by molar-refractivity contribution is 0.147. The molecule has 0 atom stereocenters. The molecule has 0 saturated heterocycles. The maximum Gasteiger partial charge on any atom is 0.166 e. The molecule has 5 heteroatoms. The first-order valence-electron chi connectivity index (χ1n) is 8.54. The number of hydrogen-bond acceptors (Lipinski definition) is 4. The first-order chi connectivity index (χ1) is 12.7. The van der Waals surface area contributed by atoms with Crippen molar-refractivity contribution in [2.45, 2.75) is 18.5 Å². The van der Waals surface area contributed by atoms with Gasteiger partial charge < -0.3 is 14.5 Å². The minimum absolute atomic E-state index is 0.603. The van der Waals surface area contributed by atoms with Gasteiger partial charge in [0.15, 0.2) is 5.16 Å². The van der Waals surface area contributed by atoms with E-state index in [9.17, 15) is 0 Å². The van der Waals surface area contributed by atoms with Gasteiger partial charge in [-0.05, 0) is 36.3 Å². The van der Waals surface area contributed by atoms with Gasteiger partial charge in [-0.2, -0.15) is 0 Å². The van der Waals surface area contributed by atoms with Crippen LogP contribution in [-0.2, 0) is 9.47 Å². The van der Waals surface area contributed by atoms with Crippen molar-refractivity contribution in [3.63, 3.8) is 0 Å². The maximum absolute atomic E-state index is 5.90. The third-order valence-electron chi connectivity index (χ3n) is 3.85. The van der Waals surface area contributed by atoms with Gasteiger partial charge in [0.2, 0.25) is 0 Å². The lowest BCUT2D eigenvalue weighted by atomic mass is 10.1. The van der Waals surface area contributed by atoms with Crippen molar-refractivity contribution in [1.29, 1.82) is 0 Å². The first-order valence-corrected chi connectivity index (χ1v) is 9.52. The maximum atomic E-state index is 5.90. The summed E-state index contributed by atoms with van der Waals surface area (Å²) in [5.74, 6) is 1.57. The van der Waals surface area contributed by atoms with Gasteiger partial charge in [0.1, 0.15) is 5.76 Å². The van der Waals surface area contributed by atoms with Crippen LogP contribution in [0.3, 0.4) is 0 Å². The van der Waals surface area contributed by atoms with E-state index in [2.05, 4.69) is 23.1 Å². The van der Waals surface area contributed by atoms with Crippen molar-refractivity contribution in [3.8, 4) is 0 Å². The van der Waals surface area contributed by atoms with Crippen LogP contribution >= 0.6 is 11.8 Å². The number of aromatic nitrogens is 2. The minimum atomic E-state index is 0.603. The van der Waals surface area contributed by atoms with Crippen LogP contribution in [0, 0.1) is 0 Å². The molecule has 0 spiro atoms. The van der Waals surface area contributed by atoms with E-state index in [4.69, 9.17) is 9.47 Å². The Kier molecular flexibility index (Phi) is 8.25. The molecular formula is C21H26N2O2S. The van der Waals surface area contributed by atoms with Gasteiger partial charge >= 0.3 is 0 Å². The van der Waals surface area contributed by atoms with Gasteiger partial charge in [-0.15, -0.1) is 0 Å². The van der Waals surface area contributed by atoms with Crippen molar-refractivity contribution in [1.82, 2.24) is 9.97 Å². The molecule has 1 aromatic heterocycles. The molecule has 0 aliphatic carbocycles. The second kappa shape index (κ2) is 10.7. The molecule has 2 rings (SSSR count). The van der Waals surface area contributed by atoms with Gasteiger partial charge in [0.25, 0.3) is 0 Å². The molecule has 0 radical (unpaired) electrons. The van der Waals surface area contributed by atoms with Crippen LogP contribution < -0.4 is 0 Å². The molecule has 0 saturated carbocycles. The van der Waals surface area contributed by atoms with Crippen LogP contribution in [0.4, 0.5) is 0 Å². The van der Waals surface area contributed by atoms with Crippen molar-refractivity contribution < 1.29 is 9.47 Å². The van der Waals surface area contributed by atoms with Crippen LogP contribution in [0.5, 0.6) is 0 Å². The van der Waals surface area contributed by atoms with Gasteiger partial charge in [-0.1, -0.05) is 49.2 Å². The van der Waals surface area contributed by atoms with Gasteiger partial charge in [0, 0.05) is 25.9 Å². The smallest absolute Gasteiger partial charge is 0.166 e. The molecule has 26 heavy (non-hydrogen) atoms. The molecule has 1 N–H and O–H groups in total. The Hall–Kier alpha value is -2.24. The number of ether oxygens (including phenoxy) is 2. The Balaban J connectivity index is 2.08. The Bertz CT molecular complexity index is 772.